The zero-order chi connectivity index (χ0) is 18.1. The quantitative estimate of drug-likeness (QED) is 0.756. The summed E-state index contributed by atoms with van der Waals surface area (Å²) in [6.07, 6.45) is 3.43. The summed E-state index contributed by atoms with van der Waals surface area (Å²) in [7, 11) is 1.40. The molecule has 0 unspecified atom stereocenters. The van der Waals surface area contributed by atoms with Gasteiger partial charge in [-0.25, -0.2) is 4.79 Å². The highest BCUT2D eigenvalue weighted by molar-refractivity contribution is 5.82. The maximum absolute atomic E-state index is 11.6. The average molecular weight is 341 g/mol. The zero-order valence-corrected chi connectivity index (χ0v) is 13.8. The van der Waals surface area contributed by atoms with Crippen LogP contribution < -0.4 is 10.1 Å². The van der Waals surface area contributed by atoms with Gasteiger partial charge in [0.2, 0.25) is 0 Å². The highest BCUT2D eigenvalue weighted by atomic mass is 16.5. The molecule has 0 bridgehead atoms. The van der Waals surface area contributed by atoms with Gasteiger partial charge in [0.15, 0.2) is 17.8 Å². The molecule has 0 saturated heterocycles. The molecule has 2 N–H and O–H groups in total. The third kappa shape index (κ3) is 5.39. The summed E-state index contributed by atoms with van der Waals surface area (Å²) in [5.74, 6) is 0.0109. The number of alkyl carbamates (subject to hydrolysis) is 1. The molecule has 25 heavy (non-hydrogen) atoms. The molecule has 6 heteroatoms. The minimum Gasteiger partial charge on any atom is -0.504 e. The van der Waals surface area contributed by atoms with Crippen LogP contribution in [0.15, 0.2) is 48.5 Å². The van der Waals surface area contributed by atoms with Crippen LogP contribution in [0.2, 0.25) is 0 Å². The number of hydrogen-bond acceptors (Lipinski definition) is 5. The predicted octanol–water partition coefficient (Wildman–Crippen LogP) is 3.15. The summed E-state index contributed by atoms with van der Waals surface area (Å²) in [6.45, 7) is 0.460. The fourth-order valence-corrected chi connectivity index (χ4v) is 2.10. The fraction of sp³-hybridized carbons (Fsp3) is 0.158. The lowest BCUT2D eigenvalue weighted by atomic mass is 10.1. The zero-order valence-electron chi connectivity index (χ0n) is 13.8. The number of aldehydes is 1. The number of aromatic hydroxyl groups is 1. The van der Waals surface area contributed by atoms with Crippen LogP contribution >= 0.6 is 0 Å². The number of rotatable bonds is 7. The highest BCUT2D eigenvalue weighted by Gasteiger charge is 2.08. The average Bonchev–Trinajstić information content (AvgIpc) is 2.65. The number of methoxy groups -OCH3 is 1. The van der Waals surface area contributed by atoms with Crippen LogP contribution in [0.5, 0.6) is 11.5 Å². The normalized spacial score (nSPS) is 10.4. The molecule has 2 aromatic rings. The molecule has 6 nitrogen and oxygen atoms in total. The highest BCUT2D eigenvalue weighted by Crippen LogP contribution is 2.30. The van der Waals surface area contributed by atoms with E-state index in [-0.39, 0.29) is 30.2 Å². The molecule has 0 spiro atoms. The van der Waals surface area contributed by atoms with Gasteiger partial charge in [0.05, 0.1) is 12.7 Å². The molecule has 0 aliphatic rings. The monoisotopic (exact) mass is 341 g/mol. The van der Waals surface area contributed by atoms with Crippen molar-refractivity contribution in [2.24, 2.45) is 0 Å². The fourth-order valence-electron chi connectivity index (χ4n) is 2.10. The molecular formula is C19H19NO5. The summed E-state index contributed by atoms with van der Waals surface area (Å²) in [4.78, 5) is 22.5. The molecule has 0 atom stereocenters. The number of benzene rings is 2. The minimum atomic E-state index is -0.523. The molecule has 0 aromatic heterocycles. The Morgan fingerprint density at radius 2 is 2.00 bits per heavy atom. The molecule has 1 amide bonds. The SMILES string of the molecule is COc1cc(C=CCNC(=O)OCc2ccccc2)cc(C=O)c1O. The number of amides is 1. The Labute approximate surface area is 145 Å². The molecular weight excluding hydrogens is 322 g/mol. The van der Waals surface area contributed by atoms with Gasteiger partial charge in [-0.1, -0.05) is 42.5 Å². The summed E-state index contributed by atoms with van der Waals surface area (Å²) < 4.78 is 10.1. The summed E-state index contributed by atoms with van der Waals surface area (Å²) in [5.41, 5.74) is 1.70. The van der Waals surface area contributed by atoms with Gasteiger partial charge in [-0.2, -0.15) is 0 Å². The van der Waals surface area contributed by atoms with Crippen molar-refractivity contribution in [1.29, 1.82) is 0 Å². The van der Waals surface area contributed by atoms with E-state index in [0.29, 0.717) is 11.8 Å². The Bertz CT molecular complexity index is 756. The third-order valence-electron chi connectivity index (χ3n) is 3.36. The van der Waals surface area contributed by atoms with Crippen LogP contribution in [0.1, 0.15) is 21.5 Å². The van der Waals surface area contributed by atoms with Gasteiger partial charge in [-0.3, -0.25) is 4.79 Å². The van der Waals surface area contributed by atoms with Crippen LogP contribution in [0.3, 0.4) is 0 Å². The second kappa shape index (κ2) is 9.12. The van der Waals surface area contributed by atoms with Gasteiger partial charge in [0, 0.05) is 6.54 Å². The van der Waals surface area contributed by atoms with E-state index in [1.807, 2.05) is 30.3 Å². The first-order valence-corrected chi connectivity index (χ1v) is 7.61. The number of phenols is 1. The number of nitrogens with one attached hydrogen (secondary N) is 1. The lowest BCUT2D eigenvalue weighted by Gasteiger charge is -2.07. The van der Waals surface area contributed by atoms with Crippen molar-refractivity contribution < 1.29 is 24.2 Å². The lowest BCUT2D eigenvalue weighted by Crippen LogP contribution is -2.24. The van der Waals surface area contributed by atoms with E-state index in [0.717, 1.165) is 5.56 Å². The van der Waals surface area contributed by atoms with Crippen molar-refractivity contribution in [3.05, 3.63) is 65.2 Å². The second-order valence-electron chi connectivity index (χ2n) is 5.12. The standard InChI is InChI=1S/C19H19NO5/c1-24-17-11-15(10-16(12-21)18(17)22)8-5-9-20-19(23)25-13-14-6-3-2-4-7-14/h2-8,10-12,22H,9,13H2,1H3,(H,20,23). The van der Waals surface area contributed by atoms with Crippen molar-refractivity contribution in [1.82, 2.24) is 5.32 Å². The number of phenolic OH excluding ortho intramolecular Hbond substituents is 1. The molecule has 2 rings (SSSR count). The number of hydrogen-bond donors (Lipinski definition) is 2. The first-order valence-electron chi connectivity index (χ1n) is 7.61. The minimum absolute atomic E-state index is 0.134. The van der Waals surface area contributed by atoms with Gasteiger partial charge < -0.3 is 19.9 Å². The predicted molar refractivity (Wildman–Crippen MR) is 93.7 cm³/mol. The largest absolute Gasteiger partial charge is 0.504 e. The lowest BCUT2D eigenvalue weighted by molar-refractivity contribution is 0.112. The molecule has 0 heterocycles. The maximum Gasteiger partial charge on any atom is 0.407 e. The van der Waals surface area contributed by atoms with Crippen LogP contribution in [0.4, 0.5) is 4.79 Å². The molecule has 0 aliphatic heterocycles. The van der Waals surface area contributed by atoms with Crippen LogP contribution in [-0.4, -0.2) is 31.1 Å². The van der Waals surface area contributed by atoms with E-state index >= 15 is 0 Å². The van der Waals surface area contributed by atoms with Crippen molar-refractivity contribution in [2.45, 2.75) is 6.61 Å². The smallest absolute Gasteiger partial charge is 0.407 e. The summed E-state index contributed by atoms with van der Waals surface area (Å²) in [5, 5.41) is 12.4. The molecule has 0 saturated carbocycles. The van der Waals surface area contributed by atoms with E-state index < -0.39 is 6.09 Å². The Hall–Kier alpha value is -3.28. The number of carbonyl (C=O) groups is 2. The van der Waals surface area contributed by atoms with E-state index in [9.17, 15) is 14.7 Å². The summed E-state index contributed by atoms with van der Waals surface area (Å²) >= 11 is 0. The van der Waals surface area contributed by atoms with E-state index in [4.69, 9.17) is 9.47 Å². The Morgan fingerprint density at radius 1 is 1.24 bits per heavy atom. The van der Waals surface area contributed by atoms with Crippen molar-refractivity contribution >= 4 is 18.5 Å². The topological polar surface area (TPSA) is 84.9 Å². The Kier molecular flexibility index (Phi) is 6.59. The van der Waals surface area contributed by atoms with Crippen LogP contribution in [0, 0.1) is 0 Å². The van der Waals surface area contributed by atoms with E-state index in [2.05, 4.69) is 5.32 Å². The van der Waals surface area contributed by atoms with Gasteiger partial charge in [0.25, 0.3) is 0 Å². The molecule has 130 valence electrons. The number of ether oxygens (including phenoxy) is 2. The van der Waals surface area contributed by atoms with Gasteiger partial charge in [-0.15, -0.1) is 0 Å². The van der Waals surface area contributed by atoms with Crippen molar-refractivity contribution in [3.8, 4) is 11.5 Å². The number of carbonyl (C=O) groups excluding carboxylic acids is 2. The maximum atomic E-state index is 11.6. The van der Waals surface area contributed by atoms with Crippen molar-refractivity contribution in [3.63, 3.8) is 0 Å². The van der Waals surface area contributed by atoms with Crippen LogP contribution in [0.25, 0.3) is 6.08 Å². The van der Waals surface area contributed by atoms with Gasteiger partial charge >= 0.3 is 6.09 Å². The molecule has 0 radical (unpaired) electrons. The first-order chi connectivity index (χ1) is 12.1. The van der Waals surface area contributed by atoms with Crippen molar-refractivity contribution in [2.75, 3.05) is 13.7 Å². The second-order valence-corrected chi connectivity index (χ2v) is 5.12. The van der Waals surface area contributed by atoms with E-state index in [1.165, 1.54) is 13.2 Å². The molecule has 0 fully saturated rings. The van der Waals surface area contributed by atoms with E-state index in [1.54, 1.807) is 18.2 Å². The molecule has 0 aliphatic carbocycles. The molecule has 2 aromatic carbocycles. The summed E-state index contributed by atoms with van der Waals surface area (Å²) in [6, 6.07) is 12.5. The first kappa shape index (κ1) is 18.1. The van der Waals surface area contributed by atoms with Gasteiger partial charge in [-0.05, 0) is 23.3 Å². The third-order valence-corrected chi connectivity index (χ3v) is 3.36. The van der Waals surface area contributed by atoms with Crippen LogP contribution in [-0.2, 0) is 11.3 Å². The Balaban J connectivity index is 1.84. The van der Waals surface area contributed by atoms with Gasteiger partial charge in [0.1, 0.15) is 6.61 Å². The Morgan fingerprint density at radius 3 is 2.68 bits per heavy atom.